The van der Waals surface area contributed by atoms with Crippen molar-refractivity contribution in [1.82, 2.24) is 15.1 Å². The van der Waals surface area contributed by atoms with Crippen molar-refractivity contribution in [3.8, 4) is 11.3 Å². The Morgan fingerprint density at radius 1 is 1.00 bits per heavy atom. The minimum absolute atomic E-state index is 0.514. The molecule has 1 aromatic carbocycles. The van der Waals surface area contributed by atoms with Crippen LogP contribution in [0.25, 0.3) is 21.3 Å². The van der Waals surface area contributed by atoms with Crippen LogP contribution in [0.3, 0.4) is 0 Å². The third kappa shape index (κ3) is 3.97. The van der Waals surface area contributed by atoms with Gasteiger partial charge in [-0.1, -0.05) is 30.3 Å². The van der Waals surface area contributed by atoms with Crippen LogP contribution in [0.5, 0.6) is 0 Å². The van der Waals surface area contributed by atoms with Crippen LogP contribution in [0.15, 0.2) is 41.8 Å². The average molecular weight is 435 g/mol. The maximum atomic E-state index is 5.53. The van der Waals surface area contributed by atoms with Crippen molar-refractivity contribution in [1.29, 1.82) is 0 Å². The summed E-state index contributed by atoms with van der Waals surface area (Å²) in [5.74, 6) is 3.45. The third-order valence-corrected chi connectivity index (χ3v) is 8.38. The zero-order valence-corrected chi connectivity index (χ0v) is 18.7. The standard InChI is InChI=1S/C25H30N4OS/c1-2-4-18(5-3-1)23-24-22(8-11-31-24)25(28-27-23)26-21-12-19-15-29(16-20(19)13-21)14-17-6-9-30-10-7-17/h1-5,8,11,17,19-21H,6-7,9-10,12-16H2,(H,26,28)/t19-,20+,21+. The number of ether oxygens (including phenoxy) is 1. The van der Waals surface area contributed by atoms with Crippen LogP contribution in [0.1, 0.15) is 25.7 Å². The molecule has 0 amide bonds. The van der Waals surface area contributed by atoms with Crippen LogP contribution in [0.4, 0.5) is 5.82 Å². The van der Waals surface area contributed by atoms with Gasteiger partial charge < -0.3 is 15.0 Å². The first-order valence-corrected chi connectivity index (χ1v) is 12.6. The maximum absolute atomic E-state index is 5.53. The van der Waals surface area contributed by atoms with E-state index in [0.29, 0.717) is 6.04 Å². The van der Waals surface area contributed by atoms with Gasteiger partial charge in [0.05, 0.1) is 4.70 Å². The van der Waals surface area contributed by atoms with E-state index in [9.17, 15) is 0 Å². The van der Waals surface area contributed by atoms with E-state index < -0.39 is 0 Å². The van der Waals surface area contributed by atoms with Gasteiger partial charge in [0.15, 0.2) is 5.82 Å². The predicted molar refractivity (Wildman–Crippen MR) is 126 cm³/mol. The second-order valence-corrected chi connectivity index (χ2v) is 10.4. The molecular formula is C25H30N4OS. The first-order chi connectivity index (χ1) is 15.3. The van der Waals surface area contributed by atoms with Crippen molar-refractivity contribution in [2.45, 2.75) is 31.7 Å². The van der Waals surface area contributed by atoms with Crippen LogP contribution < -0.4 is 5.32 Å². The minimum Gasteiger partial charge on any atom is -0.381 e. The van der Waals surface area contributed by atoms with Crippen LogP contribution >= 0.6 is 11.3 Å². The summed E-state index contributed by atoms with van der Waals surface area (Å²) in [6, 6.07) is 13.1. The number of anilines is 1. The van der Waals surface area contributed by atoms with Gasteiger partial charge in [0.2, 0.25) is 0 Å². The molecule has 5 nitrogen and oxygen atoms in total. The number of rotatable bonds is 5. The lowest BCUT2D eigenvalue weighted by atomic mass is 10.00. The van der Waals surface area contributed by atoms with Gasteiger partial charge in [-0.2, -0.15) is 0 Å². The molecule has 3 aliphatic rings. The Hall–Kier alpha value is -2.02. The summed E-state index contributed by atoms with van der Waals surface area (Å²) in [5.41, 5.74) is 2.12. The van der Waals surface area contributed by atoms with Crippen LogP contribution in [-0.4, -0.2) is 54.0 Å². The van der Waals surface area contributed by atoms with Crippen molar-refractivity contribution in [2.75, 3.05) is 38.2 Å². The summed E-state index contributed by atoms with van der Waals surface area (Å²) in [4.78, 5) is 2.73. The SMILES string of the molecule is c1ccc(-c2nnc(N[C@H]3C[C@@H]4CN(CC5CCOCC5)C[C@@H]4C3)c3ccsc23)cc1. The van der Waals surface area contributed by atoms with E-state index in [1.54, 1.807) is 11.3 Å². The van der Waals surface area contributed by atoms with Gasteiger partial charge >= 0.3 is 0 Å². The maximum Gasteiger partial charge on any atom is 0.157 e. The number of nitrogens with one attached hydrogen (secondary N) is 1. The number of fused-ring (bicyclic) bond motifs is 2. The van der Waals surface area contributed by atoms with Crippen LogP contribution in [-0.2, 0) is 4.74 Å². The molecule has 0 unspecified atom stereocenters. The highest BCUT2D eigenvalue weighted by Crippen LogP contribution is 2.41. The lowest BCUT2D eigenvalue weighted by Crippen LogP contribution is -2.32. The van der Waals surface area contributed by atoms with Crippen molar-refractivity contribution < 1.29 is 4.74 Å². The van der Waals surface area contributed by atoms with Crippen molar-refractivity contribution in [3.05, 3.63) is 41.8 Å². The minimum atomic E-state index is 0.514. The third-order valence-electron chi connectivity index (χ3n) is 7.46. The molecule has 0 bridgehead atoms. The van der Waals surface area contributed by atoms with Gasteiger partial charge in [0, 0.05) is 49.8 Å². The normalized spacial score (nSPS) is 27.0. The fourth-order valence-corrected chi connectivity index (χ4v) is 6.82. The molecule has 162 valence electrons. The first-order valence-electron chi connectivity index (χ1n) is 11.7. The molecule has 3 fully saturated rings. The highest BCUT2D eigenvalue weighted by atomic mass is 32.1. The smallest absolute Gasteiger partial charge is 0.157 e. The second kappa shape index (κ2) is 8.49. The number of hydrogen-bond acceptors (Lipinski definition) is 6. The van der Waals surface area contributed by atoms with Gasteiger partial charge in [0.25, 0.3) is 0 Å². The number of aromatic nitrogens is 2. The topological polar surface area (TPSA) is 50.3 Å². The molecule has 31 heavy (non-hydrogen) atoms. The zero-order chi connectivity index (χ0) is 20.6. The first kappa shape index (κ1) is 19.6. The van der Waals surface area contributed by atoms with Crippen LogP contribution in [0, 0.1) is 17.8 Å². The molecule has 1 aliphatic carbocycles. The summed E-state index contributed by atoms with van der Waals surface area (Å²) < 4.78 is 6.76. The van der Waals surface area contributed by atoms with Crippen molar-refractivity contribution in [3.63, 3.8) is 0 Å². The summed E-state index contributed by atoms with van der Waals surface area (Å²) in [7, 11) is 0. The van der Waals surface area contributed by atoms with Gasteiger partial charge in [0.1, 0.15) is 5.69 Å². The number of hydrogen-bond donors (Lipinski definition) is 1. The largest absolute Gasteiger partial charge is 0.381 e. The lowest BCUT2D eigenvalue weighted by Gasteiger charge is -2.27. The Morgan fingerprint density at radius 3 is 2.55 bits per heavy atom. The number of nitrogens with zero attached hydrogens (tertiary/aromatic N) is 3. The van der Waals surface area contributed by atoms with Gasteiger partial charge in [-0.3, -0.25) is 0 Å². The van der Waals surface area contributed by atoms with Crippen molar-refractivity contribution in [2.24, 2.45) is 17.8 Å². The fourth-order valence-electron chi connectivity index (χ4n) is 5.92. The monoisotopic (exact) mass is 434 g/mol. The van der Waals surface area contributed by atoms with E-state index >= 15 is 0 Å². The summed E-state index contributed by atoms with van der Waals surface area (Å²) >= 11 is 1.76. The molecule has 0 radical (unpaired) electrons. The van der Waals surface area contributed by atoms with Gasteiger partial charge in [-0.25, -0.2) is 0 Å². The Balaban J connectivity index is 1.12. The second-order valence-electron chi connectivity index (χ2n) is 9.53. The molecule has 6 rings (SSSR count). The van der Waals surface area contributed by atoms with Crippen molar-refractivity contribution >= 4 is 27.2 Å². The predicted octanol–water partition coefficient (Wildman–Crippen LogP) is 4.91. The lowest BCUT2D eigenvalue weighted by molar-refractivity contribution is 0.0545. The molecule has 6 heteroatoms. The molecule has 1 saturated carbocycles. The van der Waals surface area contributed by atoms with E-state index in [4.69, 9.17) is 4.74 Å². The quantitative estimate of drug-likeness (QED) is 0.618. The molecule has 2 aliphatic heterocycles. The molecule has 2 saturated heterocycles. The van der Waals surface area contributed by atoms with E-state index in [1.165, 1.54) is 55.4 Å². The molecule has 3 atom stereocenters. The molecule has 2 aromatic heterocycles. The summed E-state index contributed by atoms with van der Waals surface area (Å²) in [5, 5.41) is 16.4. The average Bonchev–Trinajstić information content (AvgIpc) is 3.51. The Kier molecular flexibility index (Phi) is 5.38. The summed E-state index contributed by atoms with van der Waals surface area (Å²) in [6.07, 6.45) is 4.99. The van der Waals surface area contributed by atoms with Crippen LogP contribution in [0.2, 0.25) is 0 Å². The fraction of sp³-hybridized carbons (Fsp3) is 0.520. The molecule has 1 N–H and O–H groups in total. The highest BCUT2D eigenvalue weighted by Gasteiger charge is 2.41. The molecule has 4 heterocycles. The number of thiophene rings is 1. The molecular weight excluding hydrogens is 404 g/mol. The Morgan fingerprint density at radius 2 is 1.77 bits per heavy atom. The summed E-state index contributed by atoms with van der Waals surface area (Å²) in [6.45, 7) is 5.73. The number of benzene rings is 1. The van der Waals surface area contributed by atoms with E-state index in [1.807, 2.05) is 6.07 Å². The molecule has 0 spiro atoms. The Bertz CT molecular complexity index is 1020. The van der Waals surface area contributed by atoms with Gasteiger partial charge in [-0.15, -0.1) is 21.5 Å². The highest BCUT2D eigenvalue weighted by molar-refractivity contribution is 7.17. The Labute approximate surface area is 187 Å². The zero-order valence-electron chi connectivity index (χ0n) is 17.9. The van der Waals surface area contributed by atoms with E-state index in [-0.39, 0.29) is 0 Å². The molecule has 3 aromatic rings. The van der Waals surface area contributed by atoms with Gasteiger partial charge in [-0.05, 0) is 54.9 Å². The van der Waals surface area contributed by atoms with E-state index in [2.05, 4.69) is 56.1 Å². The van der Waals surface area contributed by atoms with E-state index in [0.717, 1.165) is 48.0 Å². The number of likely N-dealkylation sites (tertiary alicyclic amines) is 1.